The first kappa shape index (κ1) is 97.7. The van der Waals surface area contributed by atoms with Gasteiger partial charge in [-0.1, -0.05) is 146 Å². The molecule has 2 heterocycles. The van der Waals surface area contributed by atoms with E-state index >= 15 is 0 Å². The van der Waals surface area contributed by atoms with Crippen molar-refractivity contribution in [3.63, 3.8) is 0 Å². The molecule has 6 rings (SSSR count). The van der Waals surface area contributed by atoms with Gasteiger partial charge >= 0.3 is 11.9 Å². The zero-order chi connectivity index (χ0) is 85.9. The highest BCUT2D eigenvalue weighted by Gasteiger charge is 2.58. The second kappa shape index (κ2) is 43.6. The maximum absolute atomic E-state index is 14.8. The Labute approximate surface area is 679 Å². The summed E-state index contributed by atoms with van der Waals surface area (Å²) in [6.07, 6.45) is 3.58. The lowest BCUT2D eigenvalue weighted by Gasteiger charge is -2.41. The fourth-order valence-corrected chi connectivity index (χ4v) is 17.4. The van der Waals surface area contributed by atoms with Crippen molar-refractivity contribution >= 4 is 58.9 Å². The Morgan fingerprint density at radius 2 is 0.868 bits per heavy atom. The van der Waals surface area contributed by atoms with Gasteiger partial charge in [0.25, 0.3) is 0 Å². The number of carboxylic acid groups (broad SMARTS) is 1. The number of amides is 6. The van der Waals surface area contributed by atoms with Crippen LogP contribution in [0, 0.1) is 81.6 Å². The number of carbonyl (C=O) groups excluding carboxylic acids is 9. The summed E-state index contributed by atoms with van der Waals surface area (Å²) in [5.74, 6) is -7.60. The van der Waals surface area contributed by atoms with Crippen molar-refractivity contribution in [2.45, 2.75) is 286 Å². The van der Waals surface area contributed by atoms with Gasteiger partial charge in [-0.3, -0.25) is 38.4 Å². The Balaban J connectivity index is 0.000000408. The largest absolute Gasteiger partial charge is 0.480 e. The fourth-order valence-electron chi connectivity index (χ4n) is 17.4. The smallest absolute Gasteiger partial charge is 0.329 e. The minimum absolute atomic E-state index is 0.00310. The highest BCUT2D eigenvalue weighted by Crippen LogP contribution is 2.57. The van der Waals surface area contributed by atoms with Gasteiger partial charge in [0.1, 0.15) is 29.3 Å². The van der Waals surface area contributed by atoms with Gasteiger partial charge in [-0.25, -0.2) is 18.4 Å². The van der Waals surface area contributed by atoms with Crippen LogP contribution in [0.4, 0.5) is 8.78 Å². The summed E-state index contributed by atoms with van der Waals surface area (Å²) in [6.45, 7) is 33.4. The number of ether oxygens (including phenoxy) is 5. The first-order chi connectivity index (χ1) is 53.4. The molecule has 2 aliphatic carbocycles. The van der Waals surface area contributed by atoms with Gasteiger partial charge in [-0.15, -0.1) is 0 Å². The van der Waals surface area contributed by atoms with E-state index in [2.05, 4.69) is 21.3 Å². The molecule has 0 bridgehead atoms. The van der Waals surface area contributed by atoms with Crippen molar-refractivity contribution in [2.75, 3.05) is 69.7 Å². The van der Waals surface area contributed by atoms with Crippen LogP contribution in [0.2, 0.25) is 0 Å². The monoisotopic (exact) mass is 1610 g/mol. The molecule has 2 aromatic rings. The lowest BCUT2D eigenvalue weighted by molar-refractivity contribution is -0.159. The summed E-state index contributed by atoms with van der Waals surface area (Å²) in [4.78, 5) is 145. The first-order valence-electron chi connectivity index (χ1n) is 41.6. The van der Waals surface area contributed by atoms with Crippen molar-refractivity contribution in [2.24, 2.45) is 70.0 Å². The van der Waals surface area contributed by atoms with E-state index < -0.39 is 125 Å². The molecular weight excluding hydrogens is 1460 g/mol. The molecule has 6 amide bonds. The number of benzene rings is 2. The van der Waals surface area contributed by atoms with Crippen LogP contribution < -0.4 is 21.3 Å². The van der Waals surface area contributed by atoms with Crippen LogP contribution in [0.1, 0.15) is 206 Å². The third-order valence-corrected chi connectivity index (χ3v) is 25.1. The first-order valence-corrected chi connectivity index (χ1v) is 41.6. The van der Waals surface area contributed by atoms with Crippen molar-refractivity contribution in [1.29, 1.82) is 0 Å². The van der Waals surface area contributed by atoms with Crippen molar-refractivity contribution in [3.8, 4) is 0 Å². The number of rotatable bonds is 44. The molecule has 0 unspecified atom stereocenters. The van der Waals surface area contributed by atoms with E-state index in [0.717, 1.165) is 38.5 Å². The van der Waals surface area contributed by atoms with E-state index in [1.807, 2.05) is 88.0 Å². The van der Waals surface area contributed by atoms with Crippen LogP contribution in [0.3, 0.4) is 0 Å². The quantitative estimate of drug-likeness (QED) is 0.0385. The summed E-state index contributed by atoms with van der Waals surface area (Å²) in [7, 11) is 13.1. The second-order valence-corrected chi connectivity index (χ2v) is 35.8. The Morgan fingerprint density at radius 3 is 1.15 bits per heavy atom. The number of methoxy groups -OCH3 is 4. The van der Waals surface area contributed by atoms with Gasteiger partial charge in [-0.2, -0.15) is 0 Å². The Kier molecular flexibility index (Phi) is 37.3. The number of nitrogens with zero attached hydrogens (tertiary/aromatic N) is 4. The van der Waals surface area contributed by atoms with E-state index in [-0.39, 0.29) is 143 Å². The highest BCUT2D eigenvalue weighted by molar-refractivity contribution is 5.92. The number of hydrogen-bond acceptors (Lipinski definition) is 17. The molecule has 26 heteroatoms. The van der Waals surface area contributed by atoms with E-state index in [1.54, 1.807) is 116 Å². The zero-order valence-electron chi connectivity index (χ0n) is 73.2. The van der Waals surface area contributed by atoms with Crippen LogP contribution in [0.25, 0.3) is 0 Å². The summed E-state index contributed by atoms with van der Waals surface area (Å²) in [6, 6.07) is 6.87. The van der Waals surface area contributed by atoms with Crippen LogP contribution in [0.15, 0.2) is 48.5 Å². The number of nitrogens with one attached hydrogen (secondary N) is 4. The Morgan fingerprint density at radius 1 is 0.526 bits per heavy atom. The number of halogens is 2. The molecule has 0 aromatic heterocycles. The molecule has 2 aliphatic heterocycles. The number of aliphatic carboxylic acids is 1. The molecule has 644 valence electrons. The molecule has 18 atom stereocenters. The summed E-state index contributed by atoms with van der Waals surface area (Å²) in [5, 5.41) is 21.5. The van der Waals surface area contributed by atoms with Crippen molar-refractivity contribution in [1.82, 2.24) is 40.9 Å². The zero-order valence-corrected chi connectivity index (χ0v) is 73.2. The highest BCUT2D eigenvalue weighted by atomic mass is 19.1. The van der Waals surface area contributed by atoms with Crippen LogP contribution in [-0.2, 0) is 84.5 Å². The number of likely N-dealkylation sites (tertiary alicyclic amines) is 2. The molecule has 2 saturated heterocycles. The van der Waals surface area contributed by atoms with Gasteiger partial charge in [0.2, 0.25) is 35.4 Å². The molecule has 2 saturated carbocycles. The van der Waals surface area contributed by atoms with Gasteiger partial charge in [-0.05, 0) is 143 Å². The predicted molar refractivity (Wildman–Crippen MR) is 435 cm³/mol. The molecule has 4 aliphatic rings. The molecule has 2 spiro atoms. The third kappa shape index (κ3) is 25.8. The number of hydrogen-bond donors (Lipinski definition) is 5. The number of carboxylic acids is 1. The minimum Gasteiger partial charge on any atom is -0.480 e. The number of Topliss-reactive ketones (excluding diaryl/α,β-unsaturated/α-hetero) is 2. The van der Waals surface area contributed by atoms with Crippen LogP contribution in [0.5, 0.6) is 0 Å². The molecule has 24 nitrogen and oxygen atoms in total. The number of likely N-dealkylation sites (N-methyl/N-ethyl adjacent to an activating group) is 4. The van der Waals surface area contributed by atoms with Gasteiger partial charge in [0, 0.05) is 93.1 Å². The molecule has 114 heavy (non-hydrogen) atoms. The normalized spacial score (nSPS) is 20.5. The minimum atomic E-state index is -1.37. The average Bonchev–Trinajstić information content (AvgIpc) is 1.59. The average molecular weight is 1610 g/mol. The predicted octanol–water partition coefficient (Wildman–Crippen LogP) is 10.7. The molecule has 5 N–H and O–H groups in total. The molecule has 0 radical (unpaired) electrons. The number of ketones is 2. The molecular formula is C88H142F2N8O16. The van der Waals surface area contributed by atoms with Gasteiger partial charge in [0.05, 0.1) is 85.3 Å². The van der Waals surface area contributed by atoms with Crippen molar-refractivity contribution in [3.05, 3.63) is 71.3 Å². The topological polar surface area (TPSA) is 298 Å². The van der Waals surface area contributed by atoms with Crippen LogP contribution >= 0.6 is 0 Å². The third-order valence-electron chi connectivity index (χ3n) is 25.1. The van der Waals surface area contributed by atoms with E-state index in [9.17, 15) is 61.8 Å². The second-order valence-electron chi connectivity index (χ2n) is 35.8. The molecule has 4 fully saturated rings. The maximum atomic E-state index is 14.8. The van der Waals surface area contributed by atoms with E-state index in [4.69, 9.17) is 23.7 Å². The number of esters is 1. The van der Waals surface area contributed by atoms with Crippen LogP contribution in [-0.4, -0.2) is 232 Å². The van der Waals surface area contributed by atoms with E-state index in [1.165, 1.54) is 38.5 Å². The SMILES string of the molecule is CC[C@H](C)[C@@H]([C@@H](CC(=O)N1CC2(CC2)C[C@H]1[C@H](OC)[C@@H](C)C(=O)N[C@@H](Cc1ccccc1F)C(=O)O)OC)N(C)C(=O)[C@@H](CC(=O)[C@@H](NC)C(C)C)C(C)C.CC[C@H](C)[C@@H]([C@@H](CC(=O)N1CC2(CC2)C[C@H]1[C@H](OC)[C@@H](C)C(=O)N[C@@H](Cc1ccccc1F)C(=O)OC(C)(C)C)OC)N(C)C(=O)[C@@H](CC(=O)[C@@H](NC)C(C)C)C(C)C. The van der Waals surface area contributed by atoms with E-state index in [0.29, 0.717) is 25.9 Å². The fraction of sp³-hybridized carbons (Fsp3) is 0.750. The maximum Gasteiger partial charge on any atom is 0.329 e. The lowest BCUT2D eigenvalue weighted by atomic mass is 9.84. The Bertz CT molecular complexity index is 3530. The van der Waals surface area contributed by atoms with Gasteiger partial charge in [0.15, 0.2) is 11.6 Å². The van der Waals surface area contributed by atoms with Crippen molar-refractivity contribution < 1.29 is 85.5 Å². The lowest BCUT2D eigenvalue weighted by Crippen LogP contribution is -2.55. The standard InChI is InChI=1S/C46H75FN4O8.C42H67FN4O8/c1-15-29(6)40(50(12)43(55)32(27(2)3)23-36(52)39(48-11)28(4)5)37(57-13)24-38(53)51-26-46(20-21-46)25-35(51)41(58-14)30(7)42(54)49-34(44(56)59-45(8,9)10)22-31-18-16-17-19-33(31)47;1-12-26(6)37(46(9)40(51)29(24(2)3)20-33(48)36(44-8)25(4)5)34(54-10)21-35(49)47-23-42(17-18-42)22-32(47)38(55-11)27(7)39(50)45-31(41(52)53)19-28-15-13-14-16-30(28)43/h16-19,27-30,32,34-35,37,39-41,48H,15,20-26H2,1-14H3,(H,49,54);13-16,24-27,29,31-32,34,36-38,44H,12,17-23H2,1-11H3,(H,45,50)(H,52,53)/t29-,30+,32-,34-,35-,37+,39-,40-,41+;26-,27+,29-,31-,32-,34+,36-,37-,38+/m00/s1. The van der Waals surface area contributed by atoms with Gasteiger partial charge < -0.3 is 69.7 Å². The molecule has 2 aromatic carbocycles. The summed E-state index contributed by atoms with van der Waals surface area (Å²) in [5.41, 5.74) is -0.549. The summed E-state index contributed by atoms with van der Waals surface area (Å²) >= 11 is 0. The Hall–Kier alpha value is -6.84. The summed E-state index contributed by atoms with van der Waals surface area (Å²) < 4.78 is 58.9. The number of carbonyl (C=O) groups is 10.